The normalized spacial score (nSPS) is 22.6. The number of nitrogens with zero attached hydrogens (tertiary/aromatic N) is 2. The molecule has 4 aromatic rings. The predicted molar refractivity (Wildman–Crippen MR) is 153 cm³/mol. The van der Waals surface area contributed by atoms with Gasteiger partial charge >= 0.3 is 0 Å². The highest BCUT2D eigenvalue weighted by molar-refractivity contribution is 6.10. The van der Waals surface area contributed by atoms with Gasteiger partial charge in [-0.15, -0.1) is 0 Å². The summed E-state index contributed by atoms with van der Waals surface area (Å²) < 4.78 is 5.44. The van der Waals surface area contributed by atoms with Crippen molar-refractivity contribution in [3.8, 4) is 0 Å². The Morgan fingerprint density at radius 2 is 1.87 bits per heavy atom. The molecule has 1 aliphatic carbocycles. The Morgan fingerprint density at radius 1 is 1.05 bits per heavy atom. The lowest BCUT2D eigenvalue weighted by Crippen LogP contribution is -2.35. The van der Waals surface area contributed by atoms with Gasteiger partial charge in [-0.25, -0.2) is 0 Å². The lowest BCUT2D eigenvalue weighted by Gasteiger charge is -2.26. The Bertz CT molecular complexity index is 1530. The molecule has 1 saturated heterocycles. The number of hydrogen-bond acceptors (Lipinski definition) is 4. The molecular formula is C32H34N4O2. The van der Waals surface area contributed by atoms with Crippen LogP contribution in [-0.4, -0.2) is 47.3 Å². The minimum atomic E-state index is -0.425. The van der Waals surface area contributed by atoms with Crippen molar-refractivity contribution < 1.29 is 9.53 Å². The van der Waals surface area contributed by atoms with Gasteiger partial charge in [0.25, 0.3) is 0 Å². The van der Waals surface area contributed by atoms with Crippen LogP contribution in [0.4, 0.5) is 5.69 Å². The van der Waals surface area contributed by atoms with Crippen molar-refractivity contribution in [1.82, 2.24) is 15.1 Å². The first-order valence-corrected chi connectivity index (χ1v) is 13.1. The maximum absolute atomic E-state index is 13.0. The van der Waals surface area contributed by atoms with E-state index < -0.39 is 5.41 Å². The minimum absolute atomic E-state index is 0. The zero-order valence-corrected chi connectivity index (χ0v) is 21.0. The second-order valence-corrected chi connectivity index (χ2v) is 10.6. The van der Waals surface area contributed by atoms with Gasteiger partial charge in [0.1, 0.15) is 0 Å². The van der Waals surface area contributed by atoms with E-state index in [4.69, 9.17) is 4.74 Å². The maximum atomic E-state index is 13.0. The van der Waals surface area contributed by atoms with Crippen molar-refractivity contribution in [3.05, 3.63) is 94.2 Å². The van der Waals surface area contributed by atoms with Crippen LogP contribution < -0.4 is 5.32 Å². The number of hydrogen-bond donors (Lipinski definition) is 2. The van der Waals surface area contributed by atoms with E-state index in [1.54, 1.807) is 0 Å². The quantitative estimate of drug-likeness (QED) is 0.354. The molecule has 3 heterocycles. The average Bonchev–Trinajstić information content (AvgIpc) is 3.47. The average molecular weight is 507 g/mol. The molecule has 1 amide bonds. The zero-order chi connectivity index (χ0) is 25.0. The summed E-state index contributed by atoms with van der Waals surface area (Å²) in [6.45, 7) is 6.69. The predicted octanol–water partition coefficient (Wildman–Crippen LogP) is 5.89. The van der Waals surface area contributed by atoms with Gasteiger partial charge in [0.15, 0.2) is 0 Å². The van der Waals surface area contributed by atoms with Gasteiger partial charge < -0.3 is 10.1 Å². The summed E-state index contributed by atoms with van der Waals surface area (Å²) in [4.78, 5) is 15.4. The molecule has 38 heavy (non-hydrogen) atoms. The Labute approximate surface area is 223 Å². The molecule has 6 nitrogen and oxygen atoms in total. The number of H-pyrrole nitrogens is 1. The smallest absolute Gasteiger partial charge is 0.235 e. The van der Waals surface area contributed by atoms with Crippen LogP contribution in [0.5, 0.6) is 0 Å². The molecule has 2 fully saturated rings. The number of morpholine rings is 1. The van der Waals surface area contributed by atoms with E-state index in [9.17, 15) is 4.79 Å². The molecule has 3 aromatic carbocycles. The third kappa shape index (κ3) is 4.14. The van der Waals surface area contributed by atoms with E-state index in [2.05, 4.69) is 94.1 Å². The van der Waals surface area contributed by atoms with Gasteiger partial charge in [-0.2, -0.15) is 5.10 Å². The Hall–Kier alpha value is -3.74. The number of anilines is 1. The molecule has 2 atom stereocenters. The zero-order valence-electron chi connectivity index (χ0n) is 21.0. The van der Waals surface area contributed by atoms with Crippen LogP contribution in [-0.2, 0) is 21.5 Å². The molecule has 0 bridgehead atoms. The van der Waals surface area contributed by atoms with Gasteiger partial charge in [0, 0.05) is 36.6 Å². The number of amides is 1. The van der Waals surface area contributed by atoms with Crippen LogP contribution in [0.3, 0.4) is 0 Å². The van der Waals surface area contributed by atoms with Gasteiger partial charge in [0.05, 0.1) is 29.8 Å². The highest BCUT2D eigenvalue weighted by Crippen LogP contribution is 2.65. The Kier molecular flexibility index (Phi) is 6.17. The summed E-state index contributed by atoms with van der Waals surface area (Å²) in [7, 11) is 0. The molecule has 2 aliphatic heterocycles. The molecule has 194 valence electrons. The fourth-order valence-corrected chi connectivity index (χ4v) is 6.04. The first kappa shape index (κ1) is 24.6. The van der Waals surface area contributed by atoms with Gasteiger partial charge in [-0.05, 0) is 53.8 Å². The van der Waals surface area contributed by atoms with Crippen LogP contribution in [0.1, 0.15) is 53.3 Å². The number of carbonyl (C=O) groups excluding carboxylic acids is 1. The third-order valence-electron chi connectivity index (χ3n) is 8.21. The van der Waals surface area contributed by atoms with E-state index in [0.29, 0.717) is 0 Å². The minimum Gasteiger partial charge on any atom is -0.379 e. The van der Waals surface area contributed by atoms with E-state index in [1.807, 2.05) is 6.07 Å². The van der Waals surface area contributed by atoms with Crippen LogP contribution in [0, 0.1) is 6.92 Å². The molecule has 3 aliphatic rings. The number of carbonyl (C=O) groups is 1. The van der Waals surface area contributed by atoms with Crippen LogP contribution in [0.2, 0.25) is 0 Å². The van der Waals surface area contributed by atoms with Crippen molar-refractivity contribution >= 4 is 34.6 Å². The molecule has 0 radical (unpaired) electrons. The van der Waals surface area contributed by atoms with Crippen LogP contribution in [0.15, 0.2) is 60.7 Å². The molecular weight excluding hydrogens is 472 g/mol. The molecule has 6 heteroatoms. The van der Waals surface area contributed by atoms with Gasteiger partial charge in [-0.3, -0.25) is 14.8 Å². The number of aromatic amines is 1. The Balaban J connectivity index is 0.00000264. The summed E-state index contributed by atoms with van der Waals surface area (Å²) >= 11 is 0. The van der Waals surface area contributed by atoms with Crippen molar-refractivity contribution in [3.63, 3.8) is 0 Å². The fraction of sp³-hybridized carbons (Fsp3) is 0.312. The van der Waals surface area contributed by atoms with Crippen molar-refractivity contribution in [2.75, 3.05) is 31.6 Å². The highest BCUT2D eigenvalue weighted by atomic mass is 16.5. The summed E-state index contributed by atoms with van der Waals surface area (Å²) in [5.41, 5.74) is 8.45. The Morgan fingerprint density at radius 3 is 2.68 bits per heavy atom. The van der Waals surface area contributed by atoms with E-state index in [0.717, 1.165) is 72.7 Å². The molecule has 1 spiro atoms. The van der Waals surface area contributed by atoms with Gasteiger partial charge in [0.2, 0.25) is 5.91 Å². The van der Waals surface area contributed by atoms with Crippen molar-refractivity contribution in [2.45, 2.75) is 38.6 Å². The molecule has 0 unspecified atom stereocenters. The number of nitrogens with one attached hydrogen (secondary N) is 2. The number of aromatic nitrogens is 2. The summed E-state index contributed by atoms with van der Waals surface area (Å²) in [6, 6.07) is 21.5. The van der Waals surface area contributed by atoms with Crippen molar-refractivity contribution in [1.29, 1.82) is 0 Å². The van der Waals surface area contributed by atoms with Crippen LogP contribution >= 0.6 is 0 Å². The molecule has 1 saturated carbocycles. The summed E-state index contributed by atoms with van der Waals surface area (Å²) in [5, 5.41) is 12.0. The number of aryl methyl sites for hydroxylation is 1. The monoisotopic (exact) mass is 506 g/mol. The van der Waals surface area contributed by atoms with Crippen LogP contribution in [0.25, 0.3) is 23.1 Å². The summed E-state index contributed by atoms with van der Waals surface area (Å²) in [5.74, 6) is 0.320. The standard InChI is InChI=1S/C31H30N4O2.CH4/c1-20-2-10-28-25(16-20)31(30(36)32-28)18-26(31)23-8-9-24-27(33-34-29(24)17-23)11-7-21-3-5-22(6-4-21)19-35-12-14-37-15-13-35;/h2-11,16-17,26H,12-15,18-19H2,1H3,(H,32,36)(H,33,34);1H4/b11-7+;/t26-,31-;/m0./s1. The second kappa shape index (κ2) is 9.53. The molecule has 7 rings (SSSR count). The van der Waals surface area contributed by atoms with Crippen molar-refractivity contribution in [2.24, 2.45) is 0 Å². The maximum Gasteiger partial charge on any atom is 0.235 e. The number of rotatable bonds is 5. The van der Waals surface area contributed by atoms with E-state index in [1.165, 1.54) is 16.7 Å². The first-order chi connectivity index (χ1) is 18.1. The lowest BCUT2D eigenvalue weighted by atomic mass is 9.91. The fourth-order valence-electron chi connectivity index (χ4n) is 6.04. The van der Waals surface area contributed by atoms with Gasteiger partial charge in [-0.1, -0.05) is 67.6 Å². The number of fused-ring (bicyclic) bond motifs is 3. The topological polar surface area (TPSA) is 70.2 Å². The SMILES string of the molecule is C.Cc1ccc2c(c1)[C@]1(C[C@H]1c1ccc3c(/C=C/c4ccc(CN5CCOCC5)cc4)n[nH]c3c1)C(=O)N2. The molecule has 2 N–H and O–H groups in total. The second-order valence-electron chi connectivity index (χ2n) is 10.6. The number of ether oxygens (including phenoxy) is 1. The largest absolute Gasteiger partial charge is 0.379 e. The molecule has 1 aromatic heterocycles. The summed E-state index contributed by atoms with van der Waals surface area (Å²) in [6.07, 6.45) is 5.03. The third-order valence-corrected chi connectivity index (χ3v) is 8.21. The van der Waals surface area contributed by atoms with E-state index in [-0.39, 0.29) is 19.3 Å². The lowest BCUT2D eigenvalue weighted by molar-refractivity contribution is -0.118. The van der Waals surface area contributed by atoms with E-state index >= 15 is 0 Å². The highest BCUT2D eigenvalue weighted by Gasteiger charge is 2.65. The number of benzene rings is 3. The first-order valence-electron chi connectivity index (χ1n) is 13.1.